The van der Waals surface area contributed by atoms with E-state index < -0.39 is 0 Å². The van der Waals surface area contributed by atoms with Crippen LogP contribution >= 0.6 is 0 Å². The molecule has 0 radical (unpaired) electrons. The summed E-state index contributed by atoms with van der Waals surface area (Å²) in [7, 11) is 0. The summed E-state index contributed by atoms with van der Waals surface area (Å²) in [4.78, 5) is 9.65. The molecule has 2 heterocycles. The molecule has 0 spiro atoms. The van der Waals surface area contributed by atoms with Crippen molar-refractivity contribution in [2.45, 2.75) is 52.4 Å². The summed E-state index contributed by atoms with van der Waals surface area (Å²) in [5, 5.41) is 21.1. The Hall–Kier alpha value is -2.97. The van der Waals surface area contributed by atoms with Gasteiger partial charge in [0.05, 0.1) is 22.8 Å². The van der Waals surface area contributed by atoms with E-state index in [2.05, 4.69) is 41.5 Å². The zero-order valence-electron chi connectivity index (χ0n) is 21.0. The second kappa shape index (κ2) is 9.95. The van der Waals surface area contributed by atoms with Crippen LogP contribution < -0.4 is 0 Å². The fraction of sp³-hybridized carbons (Fsp3) is 0.267. The number of phenols is 2. The Morgan fingerprint density at radius 2 is 0.857 bits per heavy atom. The molecule has 0 saturated carbocycles. The molecule has 5 heteroatoms. The van der Waals surface area contributed by atoms with Gasteiger partial charge in [-0.1, -0.05) is 65.8 Å². The van der Waals surface area contributed by atoms with E-state index in [0.717, 1.165) is 11.1 Å². The molecule has 2 aromatic carbocycles. The summed E-state index contributed by atoms with van der Waals surface area (Å²) < 4.78 is 0. The van der Waals surface area contributed by atoms with E-state index in [4.69, 9.17) is 9.97 Å². The zero-order chi connectivity index (χ0) is 24.7. The van der Waals surface area contributed by atoms with Gasteiger partial charge in [0, 0.05) is 32.2 Å². The molecule has 4 aromatic rings. The number of aromatic hydroxyl groups is 2. The maximum Gasteiger partial charge on any atom is 0.124 e. The van der Waals surface area contributed by atoms with Gasteiger partial charge in [0.1, 0.15) is 11.5 Å². The summed E-state index contributed by atoms with van der Waals surface area (Å²) >= 11 is 0. The standard InChI is InChI=1S/C30H32N2O2.Pt/c1-29(2,3)19-13-15-27(33)21(17-19)23-9-7-11-25(31-23)26-12-8-10-24(32-26)22-18-20(30(4,5)6)14-16-28(22)34;/h7-18,33-34H,1-6H3;. The fourth-order valence-electron chi connectivity index (χ4n) is 3.87. The largest absolute Gasteiger partial charge is 0.507 e. The Labute approximate surface area is 222 Å². The third-order valence-electron chi connectivity index (χ3n) is 6.04. The molecule has 2 N–H and O–H groups in total. The number of hydrogen-bond acceptors (Lipinski definition) is 4. The van der Waals surface area contributed by atoms with Gasteiger partial charge in [-0.2, -0.15) is 0 Å². The normalized spacial score (nSPS) is 11.7. The van der Waals surface area contributed by atoms with Crippen molar-refractivity contribution in [3.63, 3.8) is 0 Å². The molecular formula is C30H32N2O2Pt. The van der Waals surface area contributed by atoms with Crippen LogP contribution in [0.25, 0.3) is 33.9 Å². The van der Waals surface area contributed by atoms with Gasteiger partial charge in [-0.3, -0.25) is 0 Å². The zero-order valence-corrected chi connectivity index (χ0v) is 23.3. The van der Waals surface area contributed by atoms with Crippen LogP contribution in [0.2, 0.25) is 0 Å². The molecule has 0 aliphatic heterocycles. The first-order chi connectivity index (χ1) is 15.9. The van der Waals surface area contributed by atoms with Crippen LogP contribution in [0.5, 0.6) is 11.5 Å². The van der Waals surface area contributed by atoms with Crippen LogP contribution in [-0.2, 0) is 31.9 Å². The molecule has 0 fully saturated rings. The van der Waals surface area contributed by atoms with E-state index in [9.17, 15) is 10.2 Å². The van der Waals surface area contributed by atoms with Crippen LogP contribution in [0.15, 0.2) is 72.8 Å². The maximum atomic E-state index is 10.5. The molecule has 4 nitrogen and oxygen atoms in total. The first kappa shape index (κ1) is 26.6. The number of nitrogens with zero attached hydrogens (tertiary/aromatic N) is 2. The van der Waals surface area contributed by atoms with Crippen molar-refractivity contribution in [3.05, 3.63) is 83.9 Å². The molecule has 0 saturated heterocycles. The molecule has 4 rings (SSSR count). The van der Waals surface area contributed by atoms with E-state index in [1.807, 2.05) is 60.7 Å². The third kappa shape index (κ3) is 5.82. The van der Waals surface area contributed by atoms with E-state index in [1.54, 1.807) is 12.1 Å². The van der Waals surface area contributed by atoms with Gasteiger partial charge in [-0.15, -0.1) is 0 Å². The molecule has 0 aliphatic rings. The summed E-state index contributed by atoms with van der Waals surface area (Å²) in [6.45, 7) is 12.9. The minimum Gasteiger partial charge on any atom is -0.507 e. The van der Waals surface area contributed by atoms with E-state index >= 15 is 0 Å². The molecule has 0 atom stereocenters. The van der Waals surface area contributed by atoms with Crippen molar-refractivity contribution in [2.24, 2.45) is 0 Å². The van der Waals surface area contributed by atoms with Crippen molar-refractivity contribution in [2.75, 3.05) is 0 Å². The summed E-state index contributed by atoms with van der Waals surface area (Å²) in [5.41, 5.74) is 6.33. The average Bonchev–Trinajstić information content (AvgIpc) is 2.78. The van der Waals surface area contributed by atoms with Crippen molar-refractivity contribution in [3.8, 4) is 45.4 Å². The summed E-state index contributed by atoms with van der Waals surface area (Å²) in [6, 6.07) is 22.8. The maximum absolute atomic E-state index is 10.5. The predicted molar refractivity (Wildman–Crippen MR) is 139 cm³/mol. The van der Waals surface area contributed by atoms with Gasteiger partial charge in [0.15, 0.2) is 0 Å². The van der Waals surface area contributed by atoms with Crippen molar-refractivity contribution >= 4 is 0 Å². The molecular weight excluding hydrogens is 615 g/mol. The molecule has 0 unspecified atom stereocenters. The van der Waals surface area contributed by atoms with E-state index in [0.29, 0.717) is 33.9 Å². The summed E-state index contributed by atoms with van der Waals surface area (Å²) in [6.07, 6.45) is 0. The van der Waals surface area contributed by atoms with Crippen LogP contribution in [0.4, 0.5) is 0 Å². The second-order valence-electron chi connectivity index (χ2n) is 10.8. The van der Waals surface area contributed by atoms with Gasteiger partial charge >= 0.3 is 0 Å². The van der Waals surface area contributed by atoms with Gasteiger partial charge in [-0.25, -0.2) is 9.97 Å². The first-order valence-electron chi connectivity index (χ1n) is 11.6. The monoisotopic (exact) mass is 647 g/mol. The number of aromatic nitrogens is 2. The third-order valence-corrected chi connectivity index (χ3v) is 6.04. The Morgan fingerprint density at radius 1 is 0.514 bits per heavy atom. The van der Waals surface area contributed by atoms with Gasteiger partial charge in [-0.05, 0) is 70.5 Å². The van der Waals surface area contributed by atoms with Gasteiger partial charge in [0.25, 0.3) is 0 Å². The number of phenolic OH excluding ortho intramolecular Hbond substituents is 2. The van der Waals surface area contributed by atoms with Crippen molar-refractivity contribution in [1.29, 1.82) is 0 Å². The Bertz CT molecular complexity index is 1250. The quantitative estimate of drug-likeness (QED) is 0.242. The Balaban J connectivity index is 0.00000342. The summed E-state index contributed by atoms with van der Waals surface area (Å²) in [5.74, 6) is 0.395. The van der Waals surface area contributed by atoms with E-state index in [-0.39, 0.29) is 43.4 Å². The topological polar surface area (TPSA) is 66.2 Å². The van der Waals surface area contributed by atoms with Crippen LogP contribution in [0.3, 0.4) is 0 Å². The smallest absolute Gasteiger partial charge is 0.124 e. The predicted octanol–water partition coefficient (Wildman–Crippen LogP) is 7.48. The van der Waals surface area contributed by atoms with Crippen molar-refractivity contribution in [1.82, 2.24) is 9.97 Å². The van der Waals surface area contributed by atoms with Crippen molar-refractivity contribution < 1.29 is 31.3 Å². The van der Waals surface area contributed by atoms with Crippen LogP contribution in [0.1, 0.15) is 52.7 Å². The first-order valence-corrected chi connectivity index (χ1v) is 11.6. The van der Waals surface area contributed by atoms with Gasteiger partial charge < -0.3 is 10.2 Å². The molecule has 184 valence electrons. The molecule has 0 bridgehead atoms. The molecule has 35 heavy (non-hydrogen) atoms. The number of hydrogen-bond donors (Lipinski definition) is 2. The molecule has 2 aromatic heterocycles. The Morgan fingerprint density at radius 3 is 1.20 bits per heavy atom. The van der Waals surface area contributed by atoms with Gasteiger partial charge in [0.2, 0.25) is 0 Å². The molecule has 0 aliphatic carbocycles. The molecule has 0 amide bonds. The van der Waals surface area contributed by atoms with Crippen LogP contribution in [0, 0.1) is 0 Å². The number of rotatable bonds is 3. The van der Waals surface area contributed by atoms with E-state index in [1.165, 1.54) is 0 Å². The number of pyridine rings is 2. The average molecular weight is 648 g/mol. The van der Waals surface area contributed by atoms with Crippen LogP contribution in [-0.4, -0.2) is 20.2 Å². The minimum atomic E-state index is -0.0421. The fourth-order valence-corrected chi connectivity index (χ4v) is 3.87. The Kier molecular flexibility index (Phi) is 7.57. The second-order valence-corrected chi connectivity index (χ2v) is 10.8. The SMILES string of the molecule is CC(C)(C)c1ccc(O)c(-c2cccc(-c3cccc(-c4cc(C(C)(C)C)ccc4O)n3)n2)c1.[Pt]. The minimum absolute atomic E-state index is 0. The number of benzene rings is 2.